The van der Waals surface area contributed by atoms with Gasteiger partial charge in [0.25, 0.3) is 0 Å². The van der Waals surface area contributed by atoms with Gasteiger partial charge in [-0.3, -0.25) is 9.69 Å². The first-order valence-corrected chi connectivity index (χ1v) is 9.63. The van der Waals surface area contributed by atoms with Gasteiger partial charge >= 0.3 is 5.97 Å². The number of phenols is 1. The average Bonchev–Trinajstić information content (AvgIpc) is 2.62. The Hall–Kier alpha value is -2.67. The van der Waals surface area contributed by atoms with E-state index in [-0.39, 0.29) is 11.8 Å². The molecule has 1 saturated heterocycles. The number of likely N-dealkylation sites (N-methyl/N-ethyl adjacent to an activating group) is 1. The summed E-state index contributed by atoms with van der Waals surface area (Å²) in [5, 5.41) is 31.6. The number of carbonyl (C=O) groups is 1. The van der Waals surface area contributed by atoms with Gasteiger partial charge in [0.15, 0.2) is 0 Å². The van der Waals surface area contributed by atoms with Crippen LogP contribution in [0.15, 0.2) is 24.3 Å². The molecule has 7 nitrogen and oxygen atoms in total. The predicted octanol–water partition coefficient (Wildman–Crippen LogP) is 3.24. The highest BCUT2D eigenvalue weighted by Gasteiger charge is 2.30. The highest BCUT2D eigenvalue weighted by molar-refractivity contribution is 5.73. The molecular formula is C21H28N4O3. The van der Waals surface area contributed by atoms with Gasteiger partial charge in [0.05, 0.1) is 5.69 Å². The molecule has 1 fully saturated rings. The van der Waals surface area contributed by atoms with Crippen molar-refractivity contribution in [2.75, 3.05) is 18.9 Å². The van der Waals surface area contributed by atoms with E-state index in [1.54, 1.807) is 6.07 Å². The number of nitrogens with one attached hydrogen (secondary N) is 1. The number of rotatable bonds is 5. The van der Waals surface area contributed by atoms with E-state index in [4.69, 9.17) is 0 Å². The van der Waals surface area contributed by atoms with Gasteiger partial charge in [-0.2, -0.15) is 0 Å². The van der Waals surface area contributed by atoms with Crippen LogP contribution in [0.1, 0.15) is 43.7 Å². The molecule has 7 heteroatoms. The SMILES string of the molecule is Cc1cc(N[C@@H]2CC[C@H](C(=O)O)N(C)C2)nnc1-c1ccc(C(C)C)cc1O. The van der Waals surface area contributed by atoms with Crippen molar-refractivity contribution < 1.29 is 15.0 Å². The Morgan fingerprint density at radius 1 is 1.25 bits per heavy atom. The number of aliphatic carboxylic acids is 1. The number of carboxylic acids is 1. The lowest BCUT2D eigenvalue weighted by Gasteiger charge is -2.35. The van der Waals surface area contributed by atoms with E-state index in [0.29, 0.717) is 36.0 Å². The normalized spacial score (nSPS) is 20.3. The maximum absolute atomic E-state index is 11.2. The molecule has 1 aliphatic heterocycles. The molecule has 150 valence electrons. The van der Waals surface area contributed by atoms with E-state index in [0.717, 1.165) is 17.5 Å². The largest absolute Gasteiger partial charge is 0.507 e. The predicted molar refractivity (Wildman–Crippen MR) is 109 cm³/mol. The summed E-state index contributed by atoms with van der Waals surface area (Å²) in [6.45, 7) is 6.75. The van der Waals surface area contributed by atoms with Crippen molar-refractivity contribution in [3.63, 3.8) is 0 Å². The zero-order valence-electron chi connectivity index (χ0n) is 16.8. The molecular weight excluding hydrogens is 356 g/mol. The number of hydrogen-bond acceptors (Lipinski definition) is 6. The molecule has 0 unspecified atom stereocenters. The third-order valence-corrected chi connectivity index (χ3v) is 5.39. The molecule has 0 spiro atoms. The molecule has 2 atom stereocenters. The number of aromatic nitrogens is 2. The van der Waals surface area contributed by atoms with Crippen molar-refractivity contribution in [3.8, 4) is 17.0 Å². The molecule has 3 rings (SSSR count). The Bertz CT molecular complexity index is 869. The van der Waals surface area contributed by atoms with Crippen LogP contribution in [0.25, 0.3) is 11.3 Å². The lowest BCUT2D eigenvalue weighted by atomic mass is 9.98. The number of carboxylic acid groups (broad SMARTS) is 1. The third kappa shape index (κ3) is 4.25. The number of benzene rings is 1. The molecule has 28 heavy (non-hydrogen) atoms. The molecule has 2 heterocycles. The monoisotopic (exact) mass is 384 g/mol. The van der Waals surface area contributed by atoms with Crippen LogP contribution >= 0.6 is 0 Å². The van der Waals surface area contributed by atoms with E-state index in [2.05, 4.69) is 29.4 Å². The highest BCUT2D eigenvalue weighted by Crippen LogP contribution is 2.33. The zero-order chi connectivity index (χ0) is 20.4. The van der Waals surface area contributed by atoms with Gasteiger partial charge < -0.3 is 15.5 Å². The van der Waals surface area contributed by atoms with Crippen molar-refractivity contribution >= 4 is 11.8 Å². The van der Waals surface area contributed by atoms with E-state index in [9.17, 15) is 15.0 Å². The number of aromatic hydroxyl groups is 1. The number of phenolic OH excluding ortho intramolecular Hbond substituents is 1. The molecule has 0 saturated carbocycles. The first-order chi connectivity index (χ1) is 13.3. The Morgan fingerprint density at radius 2 is 2.00 bits per heavy atom. The van der Waals surface area contributed by atoms with E-state index in [1.807, 2.05) is 37.1 Å². The van der Waals surface area contributed by atoms with Gasteiger partial charge in [0, 0.05) is 18.2 Å². The van der Waals surface area contributed by atoms with Crippen LogP contribution in [0.3, 0.4) is 0 Å². The Balaban J connectivity index is 1.74. The smallest absolute Gasteiger partial charge is 0.320 e. The van der Waals surface area contributed by atoms with Crippen molar-refractivity contribution in [1.82, 2.24) is 15.1 Å². The molecule has 0 aliphatic carbocycles. The van der Waals surface area contributed by atoms with Crippen LogP contribution in [-0.4, -0.2) is 57.0 Å². The van der Waals surface area contributed by atoms with Crippen LogP contribution in [-0.2, 0) is 4.79 Å². The topological polar surface area (TPSA) is 98.6 Å². The average molecular weight is 384 g/mol. The Morgan fingerprint density at radius 3 is 2.57 bits per heavy atom. The summed E-state index contributed by atoms with van der Waals surface area (Å²) in [6, 6.07) is 7.29. The highest BCUT2D eigenvalue weighted by atomic mass is 16.4. The van der Waals surface area contributed by atoms with Crippen molar-refractivity contribution in [2.45, 2.75) is 51.6 Å². The molecule has 1 aliphatic rings. The van der Waals surface area contributed by atoms with Crippen LogP contribution in [0.4, 0.5) is 5.82 Å². The molecule has 0 bridgehead atoms. The number of likely N-dealkylation sites (tertiary alicyclic amines) is 1. The van der Waals surface area contributed by atoms with E-state index < -0.39 is 12.0 Å². The fourth-order valence-electron chi connectivity index (χ4n) is 3.71. The minimum absolute atomic E-state index is 0.124. The van der Waals surface area contributed by atoms with Crippen LogP contribution < -0.4 is 5.32 Å². The van der Waals surface area contributed by atoms with Gasteiger partial charge in [-0.05, 0) is 62.1 Å². The fourth-order valence-corrected chi connectivity index (χ4v) is 3.71. The quantitative estimate of drug-likeness (QED) is 0.728. The van der Waals surface area contributed by atoms with Gasteiger partial charge in [-0.25, -0.2) is 0 Å². The maximum Gasteiger partial charge on any atom is 0.320 e. The second-order valence-electron chi connectivity index (χ2n) is 7.90. The van der Waals surface area contributed by atoms with Crippen molar-refractivity contribution in [1.29, 1.82) is 0 Å². The summed E-state index contributed by atoms with van der Waals surface area (Å²) in [5.41, 5.74) is 3.32. The number of hydrogen-bond donors (Lipinski definition) is 3. The zero-order valence-corrected chi connectivity index (χ0v) is 16.8. The van der Waals surface area contributed by atoms with Gasteiger partial charge in [0.2, 0.25) is 0 Å². The Kier molecular flexibility index (Phi) is 5.84. The standard InChI is InChI=1S/C21H28N4O3/c1-12(2)14-5-7-16(18(26)10-14)20-13(3)9-19(23-24-20)22-15-6-8-17(21(27)28)25(4)11-15/h5,7,9-10,12,15,17,26H,6,8,11H2,1-4H3,(H,22,23)(H,27,28)/t15-,17-/m1/s1. The summed E-state index contributed by atoms with van der Waals surface area (Å²) in [6.07, 6.45) is 1.37. The van der Waals surface area contributed by atoms with Crippen LogP contribution in [0.2, 0.25) is 0 Å². The van der Waals surface area contributed by atoms with Crippen molar-refractivity contribution in [3.05, 3.63) is 35.4 Å². The molecule has 0 amide bonds. The first-order valence-electron chi connectivity index (χ1n) is 9.63. The van der Waals surface area contributed by atoms with E-state index >= 15 is 0 Å². The van der Waals surface area contributed by atoms with Gasteiger partial charge in [0.1, 0.15) is 17.6 Å². The molecule has 1 aromatic heterocycles. The lowest BCUT2D eigenvalue weighted by molar-refractivity contribution is -0.143. The lowest BCUT2D eigenvalue weighted by Crippen LogP contribution is -2.49. The van der Waals surface area contributed by atoms with Crippen molar-refractivity contribution in [2.24, 2.45) is 0 Å². The fraction of sp³-hybridized carbons (Fsp3) is 0.476. The summed E-state index contributed by atoms with van der Waals surface area (Å²) in [4.78, 5) is 13.1. The molecule has 3 N–H and O–H groups in total. The number of nitrogens with zero attached hydrogens (tertiary/aromatic N) is 3. The summed E-state index contributed by atoms with van der Waals surface area (Å²) >= 11 is 0. The summed E-state index contributed by atoms with van der Waals surface area (Å²) < 4.78 is 0. The number of anilines is 1. The van der Waals surface area contributed by atoms with Crippen LogP contribution in [0.5, 0.6) is 5.75 Å². The third-order valence-electron chi connectivity index (χ3n) is 5.39. The second kappa shape index (κ2) is 8.14. The molecule has 2 aromatic rings. The molecule has 1 aromatic carbocycles. The first kappa shape index (κ1) is 20.1. The number of aryl methyl sites for hydroxylation is 1. The van der Waals surface area contributed by atoms with Gasteiger partial charge in [-0.1, -0.05) is 19.9 Å². The summed E-state index contributed by atoms with van der Waals surface area (Å²) in [7, 11) is 1.83. The number of piperidine rings is 1. The van der Waals surface area contributed by atoms with E-state index in [1.165, 1.54) is 0 Å². The second-order valence-corrected chi connectivity index (χ2v) is 7.90. The Labute approximate surface area is 165 Å². The minimum atomic E-state index is -0.774. The molecule has 0 radical (unpaired) electrons. The van der Waals surface area contributed by atoms with Gasteiger partial charge in [-0.15, -0.1) is 10.2 Å². The summed E-state index contributed by atoms with van der Waals surface area (Å²) in [5.74, 6) is 0.432. The maximum atomic E-state index is 11.2. The van der Waals surface area contributed by atoms with Crippen LogP contribution in [0, 0.1) is 6.92 Å². The minimum Gasteiger partial charge on any atom is -0.507 e.